The Labute approximate surface area is 69.8 Å². The van der Waals surface area contributed by atoms with E-state index >= 15 is 0 Å². The van der Waals surface area contributed by atoms with E-state index in [0.717, 1.165) is 16.9 Å². The van der Waals surface area contributed by atoms with Crippen LogP contribution in [0.4, 0.5) is 5.00 Å². The van der Waals surface area contributed by atoms with Gasteiger partial charge in [0.2, 0.25) is 0 Å². The van der Waals surface area contributed by atoms with Crippen LogP contribution in [0, 0.1) is 6.92 Å². The molecule has 1 rings (SSSR count). The molecule has 0 radical (unpaired) electrons. The molecular formula is C6H9NO2S2. The van der Waals surface area contributed by atoms with Gasteiger partial charge in [0, 0.05) is 6.26 Å². The molecule has 0 aliphatic carbocycles. The van der Waals surface area contributed by atoms with Crippen molar-refractivity contribution in [1.82, 2.24) is 0 Å². The van der Waals surface area contributed by atoms with Gasteiger partial charge in [-0.1, -0.05) is 0 Å². The fourth-order valence-electron chi connectivity index (χ4n) is 0.649. The molecule has 0 aliphatic heterocycles. The lowest BCUT2D eigenvalue weighted by molar-refractivity contribution is 0.604. The van der Waals surface area contributed by atoms with E-state index in [-0.39, 0.29) is 0 Å². The van der Waals surface area contributed by atoms with Crippen molar-refractivity contribution < 1.29 is 8.42 Å². The molecule has 0 unspecified atom stereocenters. The van der Waals surface area contributed by atoms with E-state index in [1.165, 1.54) is 6.26 Å². The number of nitrogen functional groups attached to an aromatic ring is 1. The topological polar surface area (TPSA) is 60.2 Å². The number of nitrogens with two attached hydrogens (primary N) is 1. The highest BCUT2D eigenvalue weighted by molar-refractivity contribution is 7.92. The van der Waals surface area contributed by atoms with E-state index in [2.05, 4.69) is 0 Å². The third-order valence-corrected chi connectivity index (χ3v) is 4.17. The Kier molecular flexibility index (Phi) is 1.94. The largest absolute Gasteiger partial charge is 0.390 e. The summed E-state index contributed by atoms with van der Waals surface area (Å²) in [6.45, 7) is 1.79. The Morgan fingerprint density at radius 2 is 2.09 bits per heavy atom. The van der Waals surface area contributed by atoms with Gasteiger partial charge in [-0.05, 0) is 18.6 Å². The van der Waals surface area contributed by atoms with Crippen molar-refractivity contribution in [2.75, 3.05) is 12.0 Å². The molecule has 0 aromatic carbocycles. The molecule has 5 heteroatoms. The van der Waals surface area contributed by atoms with Gasteiger partial charge in [-0.15, -0.1) is 11.3 Å². The van der Waals surface area contributed by atoms with E-state index in [0.29, 0.717) is 9.21 Å². The van der Waals surface area contributed by atoms with Crippen molar-refractivity contribution in [2.45, 2.75) is 11.1 Å². The van der Waals surface area contributed by atoms with E-state index in [9.17, 15) is 8.42 Å². The molecule has 62 valence electrons. The lowest BCUT2D eigenvalue weighted by Crippen LogP contribution is -1.91. The van der Waals surface area contributed by atoms with E-state index < -0.39 is 9.84 Å². The summed E-state index contributed by atoms with van der Waals surface area (Å²) in [5.74, 6) is 0. The maximum atomic E-state index is 11.0. The van der Waals surface area contributed by atoms with Crippen molar-refractivity contribution in [2.24, 2.45) is 0 Å². The third kappa shape index (κ3) is 1.72. The summed E-state index contributed by atoms with van der Waals surface area (Å²) in [5.41, 5.74) is 6.32. The second-order valence-electron chi connectivity index (χ2n) is 2.38. The first-order valence-electron chi connectivity index (χ1n) is 2.97. The van der Waals surface area contributed by atoms with E-state index in [1.807, 2.05) is 0 Å². The molecule has 0 bridgehead atoms. The van der Waals surface area contributed by atoms with Crippen LogP contribution in [0.5, 0.6) is 0 Å². The van der Waals surface area contributed by atoms with Crippen LogP contribution in [0.25, 0.3) is 0 Å². The summed E-state index contributed by atoms with van der Waals surface area (Å²) in [4.78, 5) is 0. The molecule has 0 aliphatic rings. The van der Waals surface area contributed by atoms with Crippen LogP contribution in [-0.4, -0.2) is 14.7 Å². The summed E-state index contributed by atoms with van der Waals surface area (Å²) in [5, 5.41) is 0.574. The van der Waals surface area contributed by atoms with Gasteiger partial charge in [-0.25, -0.2) is 8.42 Å². The van der Waals surface area contributed by atoms with Crippen molar-refractivity contribution >= 4 is 26.2 Å². The molecule has 0 amide bonds. The second kappa shape index (κ2) is 2.49. The minimum absolute atomic E-state index is 0.340. The van der Waals surface area contributed by atoms with Gasteiger partial charge in [0.15, 0.2) is 9.84 Å². The highest BCUT2D eigenvalue weighted by Gasteiger charge is 2.11. The Balaban J connectivity index is 3.29. The molecule has 1 heterocycles. The second-order valence-corrected chi connectivity index (χ2v) is 5.71. The van der Waals surface area contributed by atoms with Gasteiger partial charge in [-0.2, -0.15) is 0 Å². The van der Waals surface area contributed by atoms with Gasteiger partial charge in [0.1, 0.15) is 4.21 Å². The van der Waals surface area contributed by atoms with Crippen molar-refractivity contribution in [3.8, 4) is 0 Å². The van der Waals surface area contributed by atoms with Crippen LogP contribution in [-0.2, 0) is 9.84 Å². The summed E-state index contributed by atoms with van der Waals surface area (Å²) in [6.07, 6.45) is 1.18. The first kappa shape index (κ1) is 8.55. The van der Waals surface area contributed by atoms with Gasteiger partial charge in [0.05, 0.1) is 5.00 Å². The SMILES string of the molecule is Cc1cc(S(C)(=O)=O)sc1N. The van der Waals surface area contributed by atoms with Crippen molar-refractivity contribution in [1.29, 1.82) is 0 Å². The maximum absolute atomic E-state index is 11.0. The fourth-order valence-corrected chi connectivity index (χ4v) is 2.59. The Bertz CT molecular complexity index is 344. The van der Waals surface area contributed by atoms with Crippen LogP contribution in [0.2, 0.25) is 0 Å². The number of rotatable bonds is 1. The normalized spacial score (nSPS) is 11.8. The molecule has 1 aromatic heterocycles. The van der Waals surface area contributed by atoms with Crippen LogP contribution in [0.3, 0.4) is 0 Å². The van der Waals surface area contributed by atoms with Gasteiger partial charge in [0.25, 0.3) is 0 Å². The zero-order valence-corrected chi connectivity index (χ0v) is 7.92. The maximum Gasteiger partial charge on any atom is 0.184 e. The van der Waals surface area contributed by atoms with Gasteiger partial charge < -0.3 is 5.73 Å². The highest BCUT2D eigenvalue weighted by Crippen LogP contribution is 2.27. The predicted octanol–water partition coefficient (Wildman–Crippen LogP) is 1.04. The number of aryl methyl sites for hydroxylation is 1. The smallest absolute Gasteiger partial charge is 0.184 e. The molecule has 0 saturated heterocycles. The summed E-state index contributed by atoms with van der Waals surface area (Å²) in [7, 11) is -3.07. The average molecular weight is 191 g/mol. The molecule has 3 nitrogen and oxygen atoms in total. The average Bonchev–Trinajstić information content (AvgIpc) is 2.11. The molecule has 2 N–H and O–H groups in total. The summed E-state index contributed by atoms with van der Waals surface area (Å²) in [6, 6.07) is 1.59. The monoisotopic (exact) mass is 191 g/mol. The Morgan fingerprint density at radius 3 is 2.27 bits per heavy atom. The quantitative estimate of drug-likeness (QED) is 0.721. The van der Waals surface area contributed by atoms with Gasteiger partial charge in [-0.3, -0.25) is 0 Å². The minimum Gasteiger partial charge on any atom is -0.390 e. The number of hydrogen-bond donors (Lipinski definition) is 1. The van der Waals surface area contributed by atoms with E-state index in [4.69, 9.17) is 5.73 Å². The molecule has 11 heavy (non-hydrogen) atoms. The van der Waals surface area contributed by atoms with Crippen LogP contribution < -0.4 is 5.73 Å². The summed E-state index contributed by atoms with van der Waals surface area (Å²) >= 11 is 1.11. The van der Waals surface area contributed by atoms with Crippen LogP contribution in [0.1, 0.15) is 5.56 Å². The standard InChI is InChI=1S/C6H9NO2S2/c1-4-3-5(10-6(4)7)11(2,8)9/h3H,7H2,1-2H3. The zero-order chi connectivity index (χ0) is 8.65. The van der Waals surface area contributed by atoms with E-state index in [1.54, 1.807) is 13.0 Å². The number of sulfone groups is 1. The third-order valence-electron chi connectivity index (χ3n) is 1.30. The predicted molar refractivity (Wildman–Crippen MR) is 46.6 cm³/mol. The van der Waals surface area contributed by atoms with Crippen molar-refractivity contribution in [3.05, 3.63) is 11.6 Å². The fraction of sp³-hybridized carbons (Fsp3) is 0.333. The summed E-state index contributed by atoms with van der Waals surface area (Å²) < 4.78 is 22.2. The van der Waals surface area contributed by atoms with Crippen LogP contribution in [0.15, 0.2) is 10.3 Å². The minimum atomic E-state index is -3.07. The molecule has 0 spiro atoms. The zero-order valence-electron chi connectivity index (χ0n) is 6.29. The first-order valence-corrected chi connectivity index (χ1v) is 5.68. The first-order chi connectivity index (χ1) is 4.91. The van der Waals surface area contributed by atoms with Gasteiger partial charge >= 0.3 is 0 Å². The Morgan fingerprint density at radius 1 is 1.55 bits per heavy atom. The molecule has 0 fully saturated rings. The van der Waals surface area contributed by atoms with Crippen LogP contribution >= 0.6 is 11.3 Å². The lowest BCUT2D eigenvalue weighted by Gasteiger charge is -1.87. The number of anilines is 1. The molecule has 0 saturated carbocycles. The lowest BCUT2D eigenvalue weighted by atomic mass is 10.4. The number of hydrogen-bond acceptors (Lipinski definition) is 4. The Hall–Kier alpha value is -0.550. The molecule has 0 atom stereocenters. The highest BCUT2D eigenvalue weighted by atomic mass is 32.2. The van der Waals surface area contributed by atoms with Crippen molar-refractivity contribution in [3.63, 3.8) is 0 Å². The molecule has 1 aromatic rings. The molecular weight excluding hydrogens is 182 g/mol. The number of thiophene rings is 1.